The number of alkyl halides is 2. The van der Waals surface area contributed by atoms with Crippen molar-refractivity contribution in [2.75, 3.05) is 19.6 Å². The van der Waals surface area contributed by atoms with Crippen molar-refractivity contribution in [3.63, 3.8) is 0 Å². The van der Waals surface area contributed by atoms with Crippen molar-refractivity contribution in [2.24, 2.45) is 0 Å². The van der Waals surface area contributed by atoms with Crippen LogP contribution in [0.15, 0.2) is 48.5 Å². The van der Waals surface area contributed by atoms with Crippen LogP contribution in [-0.2, 0) is 12.5 Å². The predicted molar refractivity (Wildman–Crippen MR) is 116 cm³/mol. The van der Waals surface area contributed by atoms with Crippen molar-refractivity contribution in [2.45, 2.75) is 65.1 Å². The molecule has 1 unspecified atom stereocenters. The fourth-order valence-electron chi connectivity index (χ4n) is 4.39. The summed E-state index contributed by atoms with van der Waals surface area (Å²) >= 11 is 0. The van der Waals surface area contributed by atoms with Crippen molar-refractivity contribution in [3.8, 4) is 0 Å². The zero-order valence-corrected chi connectivity index (χ0v) is 18.3. The number of benzene rings is 2. The van der Waals surface area contributed by atoms with Gasteiger partial charge < -0.3 is 0 Å². The number of rotatable bonds is 6. The Morgan fingerprint density at radius 3 is 2.21 bits per heavy atom. The quantitative estimate of drug-likeness (QED) is 0.570. The van der Waals surface area contributed by atoms with E-state index in [1.807, 2.05) is 12.1 Å². The fraction of sp³-hybridized carbons (Fsp3) is 0.520. The van der Waals surface area contributed by atoms with Gasteiger partial charge in [0.25, 0.3) is 5.92 Å². The van der Waals surface area contributed by atoms with Gasteiger partial charge in [0.05, 0.1) is 0 Å². The molecular formula is C25H34F2N2. The standard InChI is InChI=1S/C25H34F2N2/c1-18(2)22-8-6-7-9-23(22)24-17-28(14-15-29(24)19(3)4)16-20-10-12-21(13-11-20)25(5,26)27/h6-13,18-19,24H,14-17H2,1-5H3. The van der Waals surface area contributed by atoms with Gasteiger partial charge in [0.15, 0.2) is 0 Å². The third kappa shape index (κ3) is 5.23. The number of piperazine rings is 1. The zero-order chi connectivity index (χ0) is 21.2. The van der Waals surface area contributed by atoms with Gasteiger partial charge in [-0.15, -0.1) is 0 Å². The van der Waals surface area contributed by atoms with Crippen LogP contribution < -0.4 is 0 Å². The van der Waals surface area contributed by atoms with E-state index in [1.165, 1.54) is 11.1 Å². The Kier molecular flexibility index (Phi) is 6.75. The molecule has 1 heterocycles. The minimum absolute atomic E-state index is 0.0783. The summed E-state index contributed by atoms with van der Waals surface area (Å²) in [7, 11) is 0. The van der Waals surface area contributed by atoms with Crippen LogP contribution in [0.4, 0.5) is 8.78 Å². The molecule has 2 aromatic rings. The average molecular weight is 401 g/mol. The number of nitrogens with zero attached hydrogens (tertiary/aromatic N) is 2. The van der Waals surface area contributed by atoms with Crippen molar-refractivity contribution in [1.82, 2.24) is 9.80 Å². The van der Waals surface area contributed by atoms with Gasteiger partial charge in [-0.1, -0.05) is 62.4 Å². The van der Waals surface area contributed by atoms with E-state index in [0.29, 0.717) is 18.0 Å². The molecule has 0 spiro atoms. The molecule has 1 aliphatic heterocycles. The summed E-state index contributed by atoms with van der Waals surface area (Å²) in [5, 5.41) is 0. The van der Waals surface area contributed by atoms with Crippen molar-refractivity contribution in [3.05, 3.63) is 70.8 Å². The summed E-state index contributed by atoms with van der Waals surface area (Å²) in [4.78, 5) is 5.05. The normalized spacial score (nSPS) is 19.3. The molecule has 4 heteroatoms. The van der Waals surface area contributed by atoms with Crippen LogP contribution in [-0.4, -0.2) is 35.5 Å². The SMILES string of the molecule is CC(C)c1ccccc1C1CN(Cc2ccc(C(C)(F)F)cc2)CCN1C(C)C. The van der Waals surface area contributed by atoms with E-state index >= 15 is 0 Å². The van der Waals surface area contributed by atoms with Gasteiger partial charge in [-0.25, -0.2) is 8.78 Å². The molecular weight excluding hydrogens is 366 g/mol. The van der Waals surface area contributed by atoms with Crippen LogP contribution in [0.5, 0.6) is 0 Å². The van der Waals surface area contributed by atoms with E-state index in [9.17, 15) is 8.78 Å². The van der Waals surface area contributed by atoms with Crippen molar-refractivity contribution >= 4 is 0 Å². The summed E-state index contributed by atoms with van der Waals surface area (Å²) < 4.78 is 27.0. The topological polar surface area (TPSA) is 6.48 Å². The zero-order valence-electron chi connectivity index (χ0n) is 18.3. The van der Waals surface area contributed by atoms with Crippen molar-refractivity contribution < 1.29 is 8.78 Å². The van der Waals surface area contributed by atoms with E-state index < -0.39 is 5.92 Å². The molecule has 0 N–H and O–H groups in total. The van der Waals surface area contributed by atoms with Gasteiger partial charge in [-0.05, 0) is 36.5 Å². The monoisotopic (exact) mass is 400 g/mol. The molecule has 1 aliphatic rings. The van der Waals surface area contributed by atoms with Crippen LogP contribution in [0.2, 0.25) is 0 Å². The lowest BCUT2D eigenvalue weighted by atomic mass is 9.90. The Morgan fingerprint density at radius 2 is 1.62 bits per heavy atom. The highest BCUT2D eigenvalue weighted by Gasteiger charge is 2.31. The first-order valence-electron chi connectivity index (χ1n) is 10.7. The lowest BCUT2D eigenvalue weighted by Gasteiger charge is -2.44. The molecule has 0 saturated carbocycles. The van der Waals surface area contributed by atoms with E-state index in [0.717, 1.165) is 38.7 Å². The lowest BCUT2D eigenvalue weighted by Crippen LogP contribution is -2.50. The molecule has 1 saturated heterocycles. The Morgan fingerprint density at radius 1 is 0.966 bits per heavy atom. The Labute approximate surface area is 174 Å². The maximum Gasteiger partial charge on any atom is 0.270 e. The molecule has 1 fully saturated rings. The highest BCUT2D eigenvalue weighted by molar-refractivity contribution is 5.33. The van der Waals surface area contributed by atoms with E-state index in [-0.39, 0.29) is 5.56 Å². The second-order valence-electron chi connectivity index (χ2n) is 8.95. The Bertz CT molecular complexity index is 793. The third-order valence-corrected chi connectivity index (χ3v) is 6.01. The van der Waals surface area contributed by atoms with E-state index in [1.54, 1.807) is 12.1 Å². The molecule has 29 heavy (non-hydrogen) atoms. The van der Waals surface area contributed by atoms with E-state index in [4.69, 9.17) is 0 Å². The predicted octanol–water partition coefficient (Wildman–Crippen LogP) is 6.19. The maximum absolute atomic E-state index is 13.5. The van der Waals surface area contributed by atoms with Gasteiger partial charge in [0.1, 0.15) is 0 Å². The molecule has 0 aromatic heterocycles. The Balaban J connectivity index is 1.80. The van der Waals surface area contributed by atoms with Gasteiger partial charge in [0, 0.05) is 50.7 Å². The fourth-order valence-corrected chi connectivity index (χ4v) is 4.39. The van der Waals surface area contributed by atoms with Gasteiger partial charge in [-0.2, -0.15) is 0 Å². The van der Waals surface area contributed by atoms with Crippen LogP contribution >= 0.6 is 0 Å². The first kappa shape index (κ1) is 21.9. The van der Waals surface area contributed by atoms with Crippen LogP contribution in [0.25, 0.3) is 0 Å². The number of hydrogen-bond acceptors (Lipinski definition) is 2. The minimum atomic E-state index is -2.78. The summed E-state index contributed by atoms with van der Waals surface area (Å²) in [5.74, 6) is -2.30. The first-order chi connectivity index (χ1) is 13.7. The van der Waals surface area contributed by atoms with Crippen LogP contribution in [0, 0.1) is 0 Å². The summed E-state index contributed by atoms with van der Waals surface area (Å²) in [5.41, 5.74) is 4.00. The molecule has 0 bridgehead atoms. The molecule has 1 atom stereocenters. The molecule has 2 nitrogen and oxygen atoms in total. The number of hydrogen-bond donors (Lipinski definition) is 0. The van der Waals surface area contributed by atoms with Gasteiger partial charge in [-0.3, -0.25) is 9.80 Å². The summed E-state index contributed by atoms with van der Waals surface area (Å²) in [6.45, 7) is 13.7. The molecule has 0 amide bonds. The summed E-state index contributed by atoms with van der Waals surface area (Å²) in [6, 6.07) is 16.4. The molecule has 0 radical (unpaired) electrons. The second-order valence-corrected chi connectivity index (χ2v) is 8.95. The minimum Gasteiger partial charge on any atom is -0.296 e. The Hall–Kier alpha value is -1.78. The average Bonchev–Trinajstić information content (AvgIpc) is 2.67. The van der Waals surface area contributed by atoms with Crippen LogP contribution in [0.1, 0.15) is 68.8 Å². The van der Waals surface area contributed by atoms with Crippen molar-refractivity contribution in [1.29, 1.82) is 0 Å². The second kappa shape index (κ2) is 8.93. The van der Waals surface area contributed by atoms with Gasteiger partial charge in [0.2, 0.25) is 0 Å². The van der Waals surface area contributed by atoms with E-state index in [2.05, 4.69) is 61.8 Å². The molecule has 2 aromatic carbocycles. The highest BCUT2D eigenvalue weighted by atomic mass is 19.3. The van der Waals surface area contributed by atoms with Crippen LogP contribution in [0.3, 0.4) is 0 Å². The molecule has 3 rings (SSSR count). The lowest BCUT2D eigenvalue weighted by molar-refractivity contribution is 0.0174. The first-order valence-corrected chi connectivity index (χ1v) is 10.7. The molecule has 158 valence electrons. The third-order valence-electron chi connectivity index (χ3n) is 6.01. The summed E-state index contributed by atoms with van der Waals surface area (Å²) in [6.07, 6.45) is 0. The highest BCUT2D eigenvalue weighted by Crippen LogP contribution is 2.33. The van der Waals surface area contributed by atoms with Gasteiger partial charge >= 0.3 is 0 Å². The largest absolute Gasteiger partial charge is 0.296 e. The number of halogens is 2. The molecule has 0 aliphatic carbocycles. The maximum atomic E-state index is 13.5. The smallest absolute Gasteiger partial charge is 0.270 e.